The molecule has 1 aliphatic rings. The average Bonchev–Trinajstić information content (AvgIpc) is 1.82. The van der Waals surface area contributed by atoms with Gasteiger partial charge >= 0.3 is 5.97 Å². The summed E-state index contributed by atoms with van der Waals surface area (Å²) in [6, 6.07) is 0. The lowest BCUT2D eigenvalue weighted by Crippen LogP contribution is -2.27. The maximum atomic E-state index is 11.3. The molecule has 70 valence electrons. The monoisotopic (exact) mass is 192 g/mol. The van der Waals surface area contributed by atoms with Crippen LogP contribution in [-0.2, 0) is 9.36 Å². The number of carboxylic acids is 1. The van der Waals surface area contributed by atoms with Gasteiger partial charge in [-0.15, -0.1) is 0 Å². The van der Waals surface area contributed by atoms with Gasteiger partial charge in [0.1, 0.15) is 0 Å². The van der Waals surface area contributed by atoms with Gasteiger partial charge in [0.15, 0.2) is 0 Å². The first kappa shape index (κ1) is 9.75. The summed E-state index contributed by atoms with van der Waals surface area (Å²) < 4.78 is 11.3. The maximum Gasteiger partial charge on any atom is 0.307 e. The smallest absolute Gasteiger partial charge is 0.307 e. The van der Waals surface area contributed by atoms with Crippen molar-refractivity contribution in [1.29, 1.82) is 0 Å². The molecule has 4 nitrogen and oxygen atoms in total. The Kier molecular flexibility index (Phi) is 2.59. The van der Waals surface area contributed by atoms with Gasteiger partial charge in [0.05, 0.1) is 5.92 Å². The van der Waals surface area contributed by atoms with Crippen LogP contribution in [0.5, 0.6) is 0 Å². The van der Waals surface area contributed by atoms with Crippen LogP contribution < -0.4 is 0 Å². The van der Waals surface area contributed by atoms with Crippen LogP contribution in [0.3, 0.4) is 0 Å². The third-order valence-corrected chi connectivity index (χ3v) is 4.34. The molecular weight excluding hydrogens is 179 g/mol. The summed E-state index contributed by atoms with van der Waals surface area (Å²) in [5.41, 5.74) is 0. The zero-order chi connectivity index (χ0) is 9.35. The minimum Gasteiger partial charge on any atom is -0.481 e. The highest BCUT2D eigenvalue weighted by Gasteiger charge is 2.36. The Bertz CT molecular complexity index is 238. The first-order valence-corrected chi connectivity index (χ1v) is 5.97. The van der Waals surface area contributed by atoms with Gasteiger partial charge in [-0.3, -0.25) is 9.36 Å². The molecule has 3 unspecified atom stereocenters. The second-order valence-corrected chi connectivity index (χ2v) is 6.01. The van der Waals surface area contributed by atoms with Crippen LogP contribution in [0.15, 0.2) is 0 Å². The predicted molar refractivity (Wildman–Crippen MR) is 44.5 cm³/mol. The predicted octanol–water partition coefficient (Wildman–Crippen LogP) is 0.997. The van der Waals surface area contributed by atoms with Gasteiger partial charge in [-0.1, -0.05) is 6.92 Å². The Balaban J connectivity index is 2.70. The van der Waals surface area contributed by atoms with Crippen LogP contribution in [0.1, 0.15) is 13.3 Å². The second kappa shape index (κ2) is 3.19. The Labute approximate surface area is 71.0 Å². The van der Waals surface area contributed by atoms with Crippen molar-refractivity contribution in [2.75, 3.05) is 12.3 Å². The summed E-state index contributed by atoms with van der Waals surface area (Å²) in [6.07, 6.45) is 0.753. The molecule has 1 fully saturated rings. The molecule has 0 saturated carbocycles. The van der Waals surface area contributed by atoms with E-state index in [-0.39, 0.29) is 18.2 Å². The fourth-order valence-corrected chi connectivity index (χ4v) is 3.99. The molecule has 1 saturated heterocycles. The molecule has 0 spiro atoms. The molecule has 1 heterocycles. The van der Waals surface area contributed by atoms with E-state index in [1.165, 1.54) is 0 Å². The zero-order valence-corrected chi connectivity index (χ0v) is 7.83. The third kappa shape index (κ3) is 2.32. The molecule has 5 heteroatoms. The lowest BCUT2D eigenvalue weighted by Gasteiger charge is -2.27. The largest absolute Gasteiger partial charge is 0.481 e. The van der Waals surface area contributed by atoms with E-state index in [9.17, 15) is 14.3 Å². The number of aliphatic carboxylic acids is 1. The van der Waals surface area contributed by atoms with E-state index in [2.05, 4.69) is 0 Å². The summed E-state index contributed by atoms with van der Waals surface area (Å²) in [7, 11) is -3.13. The normalized spacial score (nSPS) is 42.5. The standard InChI is InChI=1S/C7H13O4P/c1-5-2-6(7(8)9)4-12(10,11)3-5/h5-6H,2-4H2,1H3,(H,8,9)(H,10,11). The van der Waals surface area contributed by atoms with Crippen molar-refractivity contribution in [3.8, 4) is 0 Å². The van der Waals surface area contributed by atoms with E-state index in [0.717, 1.165) is 0 Å². The third-order valence-electron chi connectivity index (χ3n) is 2.14. The summed E-state index contributed by atoms with van der Waals surface area (Å²) in [5, 5.41) is 8.66. The molecule has 0 bridgehead atoms. The van der Waals surface area contributed by atoms with Gasteiger partial charge in [-0.25, -0.2) is 0 Å². The van der Waals surface area contributed by atoms with Crippen LogP contribution in [-0.4, -0.2) is 28.3 Å². The van der Waals surface area contributed by atoms with Gasteiger partial charge < -0.3 is 10.00 Å². The lowest BCUT2D eigenvalue weighted by molar-refractivity contribution is -0.141. The summed E-state index contributed by atoms with van der Waals surface area (Å²) in [6.45, 7) is 1.82. The van der Waals surface area contributed by atoms with Crippen molar-refractivity contribution >= 4 is 13.3 Å². The van der Waals surface area contributed by atoms with E-state index in [4.69, 9.17) is 5.11 Å². The van der Waals surface area contributed by atoms with Crippen LogP contribution in [0, 0.1) is 11.8 Å². The first-order chi connectivity index (χ1) is 5.41. The van der Waals surface area contributed by atoms with E-state index in [1.54, 1.807) is 0 Å². The summed E-state index contributed by atoms with van der Waals surface area (Å²) >= 11 is 0. The van der Waals surface area contributed by atoms with E-state index >= 15 is 0 Å². The minimum absolute atomic E-state index is 0.0489. The Morgan fingerprint density at radius 3 is 2.50 bits per heavy atom. The topological polar surface area (TPSA) is 74.6 Å². The number of hydrogen-bond acceptors (Lipinski definition) is 2. The van der Waals surface area contributed by atoms with E-state index < -0.39 is 19.3 Å². The number of rotatable bonds is 1. The van der Waals surface area contributed by atoms with Crippen molar-refractivity contribution < 1.29 is 19.4 Å². The Morgan fingerprint density at radius 2 is 2.08 bits per heavy atom. The quantitative estimate of drug-likeness (QED) is 0.607. The van der Waals surface area contributed by atoms with Crippen molar-refractivity contribution in [2.45, 2.75) is 13.3 Å². The SMILES string of the molecule is CC1CC(C(=O)O)CP(=O)(O)C1. The van der Waals surface area contributed by atoms with Crippen LogP contribution in [0.25, 0.3) is 0 Å². The molecule has 0 aromatic carbocycles. The molecule has 0 aromatic heterocycles. The van der Waals surface area contributed by atoms with Crippen molar-refractivity contribution in [3.63, 3.8) is 0 Å². The van der Waals surface area contributed by atoms with Gasteiger partial charge in [-0.2, -0.15) is 0 Å². The molecule has 1 rings (SSSR count). The Morgan fingerprint density at radius 1 is 1.50 bits per heavy atom. The van der Waals surface area contributed by atoms with Gasteiger partial charge in [-0.05, 0) is 12.3 Å². The minimum atomic E-state index is -3.13. The number of carbonyl (C=O) groups is 1. The van der Waals surface area contributed by atoms with E-state index in [1.807, 2.05) is 6.92 Å². The fourth-order valence-electron chi connectivity index (χ4n) is 1.72. The number of hydrogen-bond donors (Lipinski definition) is 2. The molecule has 12 heavy (non-hydrogen) atoms. The maximum absolute atomic E-state index is 11.3. The van der Waals surface area contributed by atoms with Crippen molar-refractivity contribution in [3.05, 3.63) is 0 Å². The summed E-state index contributed by atoms with van der Waals surface area (Å²) in [4.78, 5) is 19.8. The van der Waals surface area contributed by atoms with Gasteiger partial charge in [0.25, 0.3) is 0 Å². The molecule has 2 N–H and O–H groups in total. The Hall–Kier alpha value is -0.340. The fraction of sp³-hybridized carbons (Fsp3) is 0.857. The molecule has 0 aromatic rings. The van der Waals surface area contributed by atoms with Crippen molar-refractivity contribution in [1.82, 2.24) is 0 Å². The molecular formula is C7H13O4P. The zero-order valence-electron chi connectivity index (χ0n) is 6.93. The summed E-state index contributed by atoms with van der Waals surface area (Å²) in [5.74, 6) is -1.52. The molecule has 1 aliphatic heterocycles. The van der Waals surface area contributed by atoms with Crippen LogP contribution in [0.4, 0.5) is 0 Å². The van der Waals surface area contributed by atoms with Gasteiger partial charge in [0.2, 0.25) is 7.37 Å². The molecule has 0 amide bonds. The van der Waals surface area contributed by atoms with Gasteiger partial charge in [0, 0.05) is 12.3 Å². The highest BCUT2D eigenvalue weighted by atomic mass is 31.2. The average molecular weight is 192 g/mol. The first-order valence-electron chi connectivity index (χ1n) is 3.94. The van der Waals surface area contributed by atoms with Crippen LogP contribution >= 0.6 is 7.37 Å². The lowest BCUT2D eigenvalue weighted by atomic mass is 9.98. The highest BCUT2D eigenvalue weighted by Crippen LogP contribution is 2.49. The molecule has 0 radical (unpaired) electrons. The molecule has 0 aliphatic carbocycles. The van der Waals surface area contributed by atoms with Crippen molar-refractivity contribution in [2.24, 2.45) is 11.8 Å². The highest BCUT2D eigenvalue weighted by molar-refractivity contribution is 7.58. The number of carboxylic acid groups (broad SMARTS) is 1. The van der Waals surface area contributed by atoms with E-state index in [0.29, 0.717) is 6.42 Å². The second-order valence-electron chi connectivity index (χ2n) is 3.59. The molecule has 3 atom stereocenters. The van der Waals surface area contributed by atoms with Crippen LogP contribution in [0.2, 0.25) is 0 Å².